The number of Topliss-reactive ketones (excluding diaryl/α,β-unsaturated/α-hetero) is 1. The van der Waals surface area contributed by atoms with E-state index >= 15 is 0 Å². The molecule has 2 rings (SSSR count). The summed E-state index contributed by atoms with van der Waals surface area (Å²) in [7, 11) is 0. The van der Waals surface area contributed by atoms with Gasteiger partial charge in [0.25, 0.3) is 0 Å². The van der Waals surface area contributed by atoms with Crippen LogP contribution in [0.25, 0.3) is 0 Å². The highest BCUT2D eigenvalue weighted by atomic mass is 16.3. The van der Waals surface area contributed by atoms with Gasteiger partial charge in [0, 0.05) is 12.6 Å². The van der Waals surface area contributed by atoms with E-state index in [2.05, 4.69) is 15.0 Å². The minimum atomic E-state index is -0.205. The van der Waals surface area contributed by atoms with Crippen molar-refractivity contribution in [1.29, 1.82) is 0 Å². The van der Waals surface area contributed by atoms with Crippen molar-refractivity contribution in [2.75, 3.05) is 0 Å². The number of hydrogen-bond donors (Lipinski definition) is 1. The van der Waals surface area contributed by atoms with Gasteiger partial charge in [0.05, 0.1) is 18.0 Å². The molecule has 1 aliphatic heterocycles. The summed E-state index contributed by atoms with van der Waals surface area (Å²) in [6, 6.07) is 0. The van der Waals surface area contributed by atoms with Crippen LogP contribution in [-0.2, 0) is 6.61 Å². The van der Waals surface area contributed by atoms with E-state index < -0.39 is 0 Å². The molecule has 72 valence electrons. The molecule has 0 fully saturated rings. The van der Waals surface area contributed by atoms with Crippen LogP contribution in [0.4, 0.5) is 5.82 Å². The van der Waals surface area contributed by atoms with Crippen molar-refractivity contribution in [3.63, 3.8) is 0 Å². The lowest BCUT2D eigenvalue weighted by Gasteiger charge is -2.09. The summed E-state index contributed by atoms with van der Waals surface area (Å²) in [5.41, 5.74) is 1.31. The Morgan fingerprint density at radius 1 is 1.50 bits per heavy atom. The van der Waals surface area contributed by atoms with Crippen LogP contribution >= 0.6 is 0 Å². The second-order valence-corrected chi connectivity index (χ2v) is 3.03. The van der Waals surface area contributed by atoms with Gasteiger partial charge in [0.15, 0.2) is 17.3 Å². The number of aromatic nitrogens is 2. The predicted octanol–water partition coefficient (Wildman–Crippen LogP) is 0.566. The van der Waals surface area contributed by atoms with E-state index in [-0.39, 0.29) is 24.5 Å². The van der Waals surface area contributed by atoms with Gasteiger partial charge in [-0.1, -0.05) is 0 Å². The normalized spacial score (nSPS) is 14.3. The Kier molecular flexibility index (Phi) is 2.09. The number of carbonyl (C=O) groups excluding carboxylic acids is 1. The van der Waals surface area contributed by atoms with E-state index in [0.29, 0.717) is 17.2 Å². The molecule has 0 unspecified atom stereocenters. The Morgan fingerprint density at radius 3 is 3.00 bits per heavy atom. The number of aryl methyl sites for hydroxylation is 1. The molecule has 0 amide bonds. The molecule has 0 radical (unpaired) electrons. The highest BCUT2D eigenvalue weighted by Gasteiger charge is 2.19. The molecule has 0 spiro atoms. The van der Waals surface area contributed by atoms with Gasteiger partial charge in [-0.2, -0.15) is 0 Å². The van der Waals surface area contributed by atoms with Crippen molar-refractivity contribution in [3.05, 3.63) is 17.1 Å². The highest BCUT2D eigenvalue weighted by Crippen LogP contribution is 2.20. The maximum Gasteiger partial charge on any atom is 0.190 e. The molecule has 1 aliphatic rings. The zero-order valence-corrected chi connectivity index (χ0v) is 7.69. The largest absolute Gasteiger partial charge is 0.390 e. The fraction of sp³-hybridized carbons (Fsp3) is 0.333. The number of rotatable bonds is 1. The Morgan fingerprint density at radius 2 is 2.29 bits per heavy atom. The summed E-state index contributed by atoms with van der Waals surface area (Å²) < 4.78 is 0. The van der Waals surface area contributed by atoms with Crippen LogP contribution in [0.1, 0.15) is 28.3 Å². The molecule has 1 aromatic heterocycles. The fourth-order valence-electron chi connectivity index (χ4n) is 1.28. The summed E-state index contributed by atoms with van der Waals surface area (Å²) in [4.78, 5) is 23.5. The molecule has 1 N–H and O–H groups in total. The number of aliphatic imine (C=N–C) groups is 1. The summed E-state index contributed by atoms with van der Waals surface area (Å²) in [5, 5.41) is 8.95. The first kappa shape index (κ1) is 8.96. The minimum absolute atomic E-state index is 0.0998. The molecule has 5 nitrogen and oxygen atoms in total. The van der Waals surface area contributed by atoms with Crippen molar-refractivity contribution in [1.82, 2.24) is 9.97 Å². The van der Waals surface area contributed by atoms with Crippen LogP contribution in [-0.4, -0.2) is 27.1 Å². The molecule has 0 aliphatic carbocycles. The maximum absolute atomic E-state index is 11.4. The fourth-order valence-corrected chi connectivity index (χ4v) is 1.28. The monoisotopic (exact) mass is 191 g/mol. The van der Waals surface area contributed by atoms with Gasteiger partial charge in [0.2, 0.25) is 0 Å². The van der Waals surface area contributed by atoms with Gasteiger partial charge >= 0.3 is 0 Å². The Hall–Kier alpha value is -1.62. The second kappa shape index (κ2) is 3.26. The van der Waals surface area contributed by atoms with Crippen molar-refractivity contribution in [2.45, 2.75) is 20.0 Å². The molecule has 0 aromatic carbocycles. The average Bonchev–Trinajstić information content (AvgIpc) is 2.17. The van der Waals surface area contributed by atoms with Crippen LogP contribution in [0.3, 0.4) is 0 Å². The predicted molar refractivity (Wildman–Crippen MR) is 49.8 cm³/mol. The highest BCUT2D eigenvalue weighted by molar-refractivity contribution is 6.07. The number of nitrogens with zero attached hydrogens (tertiary/aromatic N) is 3. The average molecular weight is 191 g/mol. The molecule has 2 heterocycles. The van der Waals surface area contributed by atoms with Crippen LogP contribution < -0.4 is 0 Å². The van der Waals surface area contributed by atoms with Crippen molar-refractivity contribution in [3.8, 4) is 0 Å². The van der Waals surface area contributed by atoms with Gasteiger partial charge in [-0.3, -0.25) is 4.79 Å². The van der Waals surface area contributed by atoms with E-state index in [4.69, 9.17) is 5.11 Å². The first-order chi connectivity index (χ1) is 6.72. The molecule has 0 saturated heterocycles. The summed E-state index contributed by atoms with van der Waals surface area (Å²) >= 11 is 0. The van der Waals surface area contributed by atoms with Crippen molar-refractivity contribution < 1.29 is 9.90 Å². The number of aliphatic hydroxyl groups is 1. The third-order valence-corrected chi connectivity index (χ3v) is 2.05. The zero-order valence-electron chi connectivity index (χ0n) is 7.69. The van der Waals surface area contributed by atoms with Gasteiger partial charge in [-0.05, 0) is 6.92 Å². The quantitative estimate of drug-likeness (QED) is 0.703. The summed E-state index contributed by atoms with van der Waals surface area (Å²) in [5.74, 6) is 0.258. The first-order valence-electron chi connectivity index (χ1n) is 4.26. The number of carbonyl (C=O) groups is 1. The topological polar surface area (TPSA) is 75.4 Å². The Balaban J connectivity index is 2.61. The number of fused-ring (bicyclic) bond motifs is 1. The molecular weight excluding hydrogens is 182 g/mol. The van der Waals surface area contributed by atoms with Crippen LogP contribution in [0.2, 0.25) is 0 Å². The zero-order chi connectivity index (χ0) is 10.1. The van der Waals surface area contributed by atoms with Crippen LogP contribution in [0.15, 0.2) is 4.99 Å². The smallest absolute Gasteiger partial charge is 0.190 e. The van der Waals surface area contributed by atoms with E-state index in [9.17, 15) is 4.79 Å². The lowest BCUT2D eigenvalue weighted by atomic mass is 10.1. The SMILES string of the molecule is Cc1nc2c(nc1CO)C(=O)CC=N2. The van der Waals surface area contributed by atoms with Crippen molar-refractivity contribution in [2.24, 2.45) is 4.99 Å². The lowest BCUT2D eigenvalue weighted by molar-refractivity contribution is 0.0995. The van der Waals surface area contributed by atoms with E-state index in [1.165, 1.54) is 6.21 Å². The van der Waals surface area contributed by atoms with Crippen molar-refractivity contribution >= 4 is 17.8 Å². The summed E-state index contributed by atoms with van der Waals surface area (Å²) in [6.45, 7) is 1.52. The molecule has 5 heteroatoms. The molecule has 14 heavy (non-hydrogen) atoms. The minimum Gasteiger partial charge on any atom is -0.390 e. The number of aliphatic hydroxyl groups excluding tert-OH is 1. The second-order valence-electron chi connectivity index (χ2n) is 3.03. The molecule has 0 saturated carbocycles. The van der Waals surface area contributed by atoms with Gasteiger partial charge in [-0.15, -0.1) is 0 Å². The Bertz CT molecular complexity index is 426. The third-order valence-electron chi connectivity index (χ3n) is 2.05. The van der Waals surface area contributed by atoms with E-state index in [1.807, 2.05) is 0 Å². The third kappa shape index (κ3) is 1.31. The van der Waals surface area contributed by atoms with Crippen LogP contribution in [0.5, 0.6) is 0 Å². The van der Waals surface area contributed by atoms with Crippen LogP contribution in [0, 0.1) is 6.92 Å². The summed E-state index contributed by atoms with van der Waals surface area (Å²) in [6.07, 6.45) is 1.78. The lowest BCUT2D eigenvalue weighted by Crippen LogP contribution is -2.12. The molecule has 1 aromatic rings. The number of hydrogen-bond acceptors (Lipinski definition) is 5. The molecule has 0 atom stereocenters. The molecule has 0 bridgehead atoms. The van der Waals surface area contributed by atoms with Gasteiger partial charge < -0.3 is 5.11 Å². The van der Waals surface area contributed by atoms with E-state index in [1.54, 1.807) is 6.92 Å². The van der Waals surface area contributed by atoms with E-state index in [0.717, 1.165) is 0 Å². The van der Waals surface area contributed by atoms with Gasteiger partial charge in [-0.25, -0.2) is 15.0 Å². The van der Waals surface area contributed by atoms with Gasteiger partial charge in [0.1, 0.15) is 0 Å². The number of ketones is 1. The molecular formula is C9H9N3O2. The standard InChI is InChI=1S/C9H9N3O2/c1-5-6(4-13)12-8-7(14)2-3-10-9(8)11-5/h3,13H,2,4H2,1H3. The maximum atomic E-state index is 11.4. The Labute approximate surface area is 80.5 Å². The first-order valence-corrected chi connectivity index (χ1v) is 4.26.